The first kappa shape index (κ1) is 13.5. The molecule has 0 atom stereocenters. The molecule has 1 amide bonds. The topological polar surface area (TPSA) is 78.7 Å². The van der Waals surface area contributed by atoms with E-state index in [1.165, 1.54) is 0 Å². The number of azide groups is 1. The van der Waals surface area contributed by atoms with Gasteiger partial charge in [-0.2, -0.15) is 0 Å². The first-order chi connectivity index (χ1) is 9.69. The molecule has 1 heterocycles. The van der Waals surface area contributed by atoms with Crippen LogP contribution in [0.25, 0.3) is 22.6 Å². The Kier molecular flexibility index (Phi) is 4.27. The van der Waals surface area contributed by atoms with E-state index in [9.17, 15) is 4.79 Å². The Hall–Kier alpha value is -2.91. The number of hydrogen-bond donors (Lipinski definition) is 0. The number of pyridine rings is 1. The van der Waals surface area contributed by atoms with Crippen LogP contribution in [0.5, 0.6) is 0 Å². The first-order valence-corrected chi connectivity index (χ1v) is 6.00. The van der Waals surface area contributed by atoms with Crippen LogP contribution >= 0.6 is 0 Å². The summed E-state index contributed by atoms with van der Waals surface area (Å²) in [6.07, 6.45) is 3.72. The van der Waals surface area contributed by atoms with Gasteiger partial charge in [0.2, 0.25) is 5.91 Å². The monoisotopic (exact) mass is 264 g/mol. The fourth-order valence-electron chi connectivity index (χ4n) is 1.75. The van der Waals surface area contributed by atoms with Crippen LogP contribution in [0.4, 0.5) is 0 Å². The summed E-state index contributed by atoms with van der Waals surface area (Å²) in [7, 11) is 0. The highest BCUT2D eigenvalue weighted by molar-refractivity contribution is 5.95. The van der Waals surface area contributed by atoms with E-state index >= 15 is 0 Å². The molecular formula is C15H12N4O. The number of hydrogen-bond acceptors (Lipinski definition) is 2. The molecule has 0 aliphatic rings. The molecule has 98 valence electrons. The number of aromatic nitrogens is 1. The van der Waals surface area contributed by atoms with Crippen molar-refractivity contribution in [1.82, 2.24) is 4.98 Å². The van der Waals surface area contributed by atoms with E-state index < -0.39 is 5.91 Å². The zero-order chi connectivity index (χ0) is 14.4. The van der Waals surface area contributed by atoms with Gasteiger partial charge in [0.1, 0.15) is 0 Å². The van der Waals surface area contributed by atoms with Crippen LogP contribution in [0.15, 0.2) is 47.6 Å². The van der Waals surface area contributed by atoms with Crippen LogP contribution in [0.3, 0.4) is 0 Å². The lowest BCUT2D eigenvalue weighted by molar-refractivity contribution is 0.1000. The summed E-state index contributed by atoms with van der Waals surface area (Å²) in [5.41, 5.74) is 11.0. The Bertz CT molecular complexity index is 701. The molecule has 0 saturated heterocycles. The molecule has 0 spiro atoms. The summed E-state index contributed by atoms with van der Waals surface area (Å²) < 4.78 is 0. The smallest absolute Gasteiger partial charge is 0.249 e. The number of nitrogens with zero attached hydrogens (tertiary/aromatic N) is 4. The molecule has 2 rings (SSSR count). The van der Waals surface area contributed by atoms with Gasteiger partial charge in [0.15, 0.2) is 0 Å². The standard InChI is InChI=1S/C15H12N4O/c1-11-9-13(15(20)18-19-16)10-14(17-11)8-7-12-5-3-2-4-6-12/h2-10H,1H3. The number of benzene rings is 1. The maximum absolute atomic E-state index is 11.6. The average Bonchev–Trinajstić information content (AvgIpc) is 2.46. The largest absolute Gasteiger partial charge is 0.287 e. The molecule has 5 heteroatoms. The molecule has 0 bridgehead atoms. The predicted octanol–water partition coefficient (Wildman–Crippen LogP) is 4.01. The van der Waals surface area contributed by atoms with Crippen molar-refractivity contribution in [1.29, 1.82) is 0 Å². The fraction of sp³-hybridized carbons (Fsp3) is 0.0667. The third-order valence-electron chi connectivity index (χ3n) is 2.60. The minimum atomic E-state index is -0.604. The molecule has 0 unspecified atom stereocenters. The Morgan fingerprint density at radius 2 is 2.00 bits per heavy atom. The Morgan fingerprint density at radius 3 is 2.70 bits per heavy atom. The summed E-state index contributed by atoms with van der Waals surface area (Å²) in [4.78, 5) is 18.4. The maximum Gasteiger partial charge on any atom is 0.249 e. The quantitative estimate of drug-likeness (QED) is 0.477. The zero-order valence-corrected chi connectivity index (χ0v) is 10.9. The second-order valence-electron chi connectivity index (χ2n) is 4.16. The van der Waals surface area contributed by atoms with Gasteiger partial charge >= 0.3 is 0 Å². The van der Waals surface area contributed by atoms with Gasteiger partial charge in [0, 0.05) is 16.2 Å². The Labute approximate surface area is 116 Å². The van der Waals surface area contributed by atoms with Gasteiger partial charge in [-0.05, 0) is 41.3 Å². The minimum Gasteiger partial charge on any atom is -0.287 e. The van der Waals surface area contributed by atoms with Crippen LogP contribution in [0.2, 0.25) is 0 Å². The first-order valence-electron chi connectivity index (χ1n) is 6.00. The second kappa shape index (κ2) is 6.31. The van der Waals surface area contributed by atoms with Gasteiger partial charge in [-0.25, -0.2) is 0 Å². The van der Waals surface area contributed by atoms with Crippen molar-refractivity contribution in [3.8, 4) is 0 Å². The van der Waals surface area contributed by atoms with Gasteiger partial charge in [-0.1, -0.05) is 36.4 Å². The van der Waals surface area contributed by atoms with Gasteiger partial charge in [-0.15, -0.1) is 0 Å². The van der Waals surface area contributed by atoms with Crippen molar-refractivity contribution in [3.63, 3.8) is 0 Å². The summed E-state index contributed by atoms with van der Waals surface area (Å²) in [5.74, 6) is -0.604. The van der Waals surface area contributed by atoms with Crippen molar-refractivity contribution >= 4 is 18.1 Å². The van der Waals surface area contributed by atoms with E-state index in [0.717, 1.165) is 5.56 Å². The third-order valence-corrected chi connectivity index (χ3v) is 2.60. The van der Waals surface area contributed by atoms with Crippen molar-refractivity contribution in [3.05, 3.63) is 75.4 Å². The highest BCUT2D eigenvalue weighted by Gasteiger charge is 2.05. The van der Waals surface area contributed by atoms with Gasteiger partial charge in [0.25, 0.3) is 0 Å². The number of aryl methyl sites for hydroxylation is 1. The molecule has 0 fully saturated rings. The molecule has 0 saturated carbocycles. The molecule has 0 aliphatic carbocycles. The maximum atomic E-state index is 11.6. The van der Waals surface area contributed by atoms with Gasteiger partial charge in [0.05, 0.1) is 5.69 Å². The van der Waals surface area contributed by atoms with Crippen LogP contribution in [-0.4, -0.2) is 10.9 Å². The molecule has 20 heavy (non-hydrogen) atoms. The average molecular weight is 264 g/mol. The number of rotatable bonds is 3. The lowest BCUT2D eigenvalue weighted by Crippen LogP contribution is -1.97. The van der Waals surface area contributed by atoms with E-state index in [-0.39, 0.29) is 0 Å². The molecule has 1 aromatic heterocycles. The number of carbonyl (C=O) groups excluding carboxylic acids is 1. The van der Waals surface area contributed by atoms with E-state index in [1.54, 1.807) is 19.1 Å². The SMILES string of the molecule is Cc1cc(C(=O)N=[N+]=[N-])cc(C=Cc2ccccc2)n1. The van der Waals surface area contributed by atoms with Crippen molar-refractivity contribution in [2.45, 2.75) is 6.92 Å². The molecular weight excluding hydrogens is 252 g/mol. The molecule has 5 nitrogen and oxygen atoms in total. The van der Waals surface area contributed by atoms with E-state index in [2.05, 4.69) is 15.0 Å². The number of carbonyl (C=O) groups is 1. The summed E-state index contributed by atoms with van der Waals surface area (Å²) in [6.45, 7) is 1.78. The van der Waals surface area contributed by atoms with Crippen LogP contribution in [-0.2, 0) is 0 Å². The zero-order valence-electron chi connectivity index (χ0n) is 10.9. The van der Waals surface area contributed by atoms with E-state index in [1.807, 2.05) is 42.5 Å². The molecule has 1 aromatic carbocycles. The summed E-state index contributed by atoms with van der Waals surface area (Å²) in [6, 6.07) is 13.0. The number of amides is 1. The highest BCUT2D eigenvalue weighted by atomic mass is 16.1. The van der Waals surface area contributed by atoms with E-state index in [4.69, 9.17) is 5.53 Å². The molecule has 2 aromatic rings. The second-order valence-corrected chi connectivity index (χ2v) is 4.16. The lowest BCUT2D eigenvalue weighted by atomic mass is 10.1. The van der Waals surface area contributed by atoms with Crippen LogP contribution in [0, 0.1) is 6.92 Å². The van der Waals surface area contributed by atoms with E-state index in [0.29, 0.717) is 17.0 Å². The Morgan fingerprint density at radius 1 is 1.25 bits per heavy atom. The molecule has 0 aliphatic heterocycles. The Balaban J connectivity index is 2.31. The van der Waals surface area contributed by atoms with Gasteiger partial charge in [-0.3, -0.25) is 9.78 Å². The fourth-order valence-corrected chi connectivity index (χ4v) is 1.75. The van der Waals surface area contributed by atoms with Crippen LogP contribution < -0.4 is 0 Å². The lowest BCUT2D eigenvalue weighted by Gasteiger charge is -2.00. The summed E-state index contributed by atoms with van der Waals surface area (Å²) in [5, 5.41) is 3.09. The van der Waals surface area contributed by atoms with Crippen molar-refractivity contribution < 1.29 is 4.79 Å². The van der Waals surface area contributed by atoms with Crippen LogP contribution in [0.1, 0.15) is 27.3 Å². The van der Waals surface area contributed by atoms with Crippen molar-refractivity contribution in [2.75, 3.05) is 0 Å². The minimum absolute atomic E-state index is 0.336. The summed E-state index contributed by atoms with van der Waals surface area (Å²) >= 11 is 0. The third kappa shape index (κ3) is 3.54. The molecule has 0 N–H and O–H groups in total. The normalized spacial score (nSPS) is 10.2. The van der Waals surface area contributed by atoms with Crippen molar-refractivity contribution in [2.24, 2.45) is 5.11 Å². The predicted molar refractivity (Wildman–Crippen MR) is 77.8 cm³/mol. The molecule has 0 radical (unpaired) electrons. The van der Waals surface area contributed by atoms with Gasteiger partial charge < -0.3 is 0 Å². The highest BCUT2D eigenvalue weighted by Crippen LogP contribution is 2.11.